The molecular weight excluding hydrogens is 637 g/mol. The minimum absolute atomic E-state index is 0.00413. The summed E-state index contributed by atoms with van der Waals surface area (Å²) in [4.78, 5) is 28.7. The van der Waals surface area contributed by atoms with Crippen LogP contribution in [-0.4, -0.2) is 43.8 Å². The van der Waals surface area contributed by atoms with E-state index in [1.165, 1.54) is 35.2 Å². The highest BCUT2D eigenvalue weighted by atomic mass is 79.9. The van der Waals surface area contributed by atoms with E-state index < -0.39 is 28.5 Å². The van der Waals surface area contributed by atoms with E-state index in [2.05, 4.69) is 21.2 Å². The van der Waals surface area contributed by atoms with Crippen LogP contribution in [0.2, 0.25) is 10.0 Å². The molecule has 2 amide bonds. The molecule has 40 heavy (non-hydrogen) atoms. The fourth-order valence-corrected chi connectivity index (χ4v) is 7.12. The number of nitrogens with zero attached hydrogens (tertiary/aromatic N) is 2. The Bertz CT molecular complexity index is 1450. The molecule has 1 fully saturated rings. The summed E-state index contributed by atoms with van der Waals surface area (Å²) in [7, 11) is -4.20. The quantitative estimate of drug-likeness (QED) is 0.270. The minimum atomic E-state index is -4.20. The van der Waals surface area contributed by atoms with Gasteiger partial charge in [-0.15, -0.1) is 0 Å². The summed E-state index contributed by atoms with van der Waals surface area (Å²) in [5.74, 6) is -0.830. The van der Waals surface area contributed by atoms with Crippen molar-refractivity contribution in [3.63, 3.8) is 0 Å². The Morgan fingerprint density at radius 3 is 2.25 bits per heavy atom. The van der Waals surface area contributed by atoms with Crippen LogP contribution >= 0.6 is 39.1 Å². The molecule has 0 saturated heterocycles. The third-order valence-corrected chi connectivity index (χ3v) is 9.57. The van der Waals surface area contributed by atoms with Gasteiger partial charge >= 0.3 is 0 Å². The Kier molecular flexibility index (Phi) is 10.2. The number of carbonyl (C=O) groups excluding carboxylic acids is 2. The molecule has 212 valence electrons. The number of hydrogen-bond acceptors (Lipinski definition) is 4. The molecule has 0 unspecified atom stereocenters. The molecule has 4 rings (SSSR count). The number of sulfonamides is 1. The van der Waals surface area contributed by atoms with Gasteiger partial charge in [-0.25, -0.2) is 8.42 Å². The number of amides is 2. The number of nitrogens with one attached hydrogen (secondary N) is 1. The molecule has 3 aromatic rings. The van der Waals surface area contributed by atoms with Gasteiger partial charge in [0.15, 0.2) is 0 Å². The van der Waals surface area contributed by atoms with E-state index in [1.54, 1.807) is 25.1 Å². The summed E-state index contributed by atoms with van der Waals surface area (Å²) in [6.07, 6.45) is 3.90. The van der Waals surface area contributed by atoms with E-state index in [1.807, 2.05) is 24.3 Å². The van der Waals surface area contributed by atoms with E-state index >= 15 is 0 Å². The maximum absolute atomic E-state index is 14.0. The molecule has 1 N–H and O–H groups in total. The first kappa shape index (κ1) is 30.4. The van der Waals surface area contributed by atoms with Crippen molar-refractivity contribution in [3.8, 4) is 0 Å². The highest BCUT2D eigenvalue weighted by Crippen LogP contribution is 2.30. The average Bonchev–Trinajstić information content (AvgIpc) is 3.42. The zero-order valence-corrected chi connectivity index (χ0v) is 25.8. The maximum Gasteiger partial charge on any atom is 0.264 e. The van der Waals surface area contributed by atoms with Gasteiger partial charge in [0, 0.05) is 27.1 Å². The van der Waals surface area contributed by atoms with Crippen molar-refractivity contribution in [2.24, 2.45) is 0 Å². The van der Waals surface area contributed by atoms with Crippen LogP contribution in [0.5, 0.6) is 0 Å². The van der Waals surface area contributed by atoms with Gasteiger partial charge in [-0.3, -0.25) is 13.9 Å². The van der Waals surface area contributed by atoms with Gasteiger partial charge in [0.1, 0.15) is 12.6 Å². The van der Waals surface area contributed by atoms with Crippen LogP contribution in [0.4, 0.5) is 5.69 Å². The van der Waals surface area contributed by atoms with Crippen LogP contribution < -0.4 is 9.62 Å². The van der Waals surface area contributed by atoms with Gasteiger partial charge in [0.25, 0.3) is 10.0 Å². The number of halogens is 3. The predicted octanol–water partition coefficient (Wildman–Crippen LogP) is 6.43. The molecule has 0 aliphatic heterocycles. The van der Waals surface area contributed by atoms with Crippen molar-refractivity contribution in [1.29, 1.82) is 0 Å². The molecule has 0 spiro atoms. The zero-order chi connectivity index (χ0) is 28.9. The van der Waals surface area contributed by atoms with Crippen LogP contribution in [0, 0.1) is 0 Å². The molecule has 1 atom stereocenters. The first-order chi connectivity index (χ1) is 19.0. The summed E-state index contributed by atoms with van der Waals surface area (Å²) in [5, 5.41) is 3.50. The van der Waals surface area contributed by atoms with E-state index in [-0.39, 0.29) is 39.1 Å². The lowest BCUT2D eigenvalue weighted by Crippen LogP contribution is -2.52. The first-order valence-electron chi connectivity index (χ1n) is 12.9. The summed E-state index contributed by atoms with van der Waals surface area (Å²) in [5.41, 5.74) is 0.923. The molecule has 11 heteroatoms. The Morgan fingerprint density at radius 1 is 0.975 bits per heavy atom. The summed E-state index contributed by atoms with van der Waals surface area (Å²) in [6.45, 7) is 1.20. The molecular formula is C29H30BrCl2N3O4S. The van der Waals surface area contributed by atoms with Crippen molar-refractivity contribution in [2.45, 2.75) is 56.1 Å². The zero-order valence-electron chi connectivity index (χ0n) is 21.9. The number of carbonyl (C=O) groups is 2. The van der Waals surface area contributed by atoms with Crippen molar-refractivity contribution < 1.29 is 18.0 Å². The van der Waals surface area contributed by atoms with Crippen LogP contribution in [-0.2, 0) is 26.2 Å². The molecule has 0 heterocycles. The lowest BCUT2D eigenvalue weighted by atomic mass is 10.1. The largest absolute Gasteiger partial charge is 0.352 e. The van der Waals surface area contributed by atoms with Crippen LogP contribution in [0.25, 0.3) is 0 Å². The topological polar surface area (TPSA) is 86.8 Å². The number of anilines is 1. The standard InChI is InChI=1S/C29H30BrCl2N3O4S/c1-20(29(37)33-25-10-5-6-11-25)34(18-21-8-7-9-22(30)14-21)28(36)19-35(26-16-23(31)15-24(32)17-26)40(38,39)27-12-3-2-4-13-27/h2-4,7-9,12-17,20,25H,5-6,10-11,18-19H2,1H3,(H,33,37)/t20-/m0/s1. The Balaban J connectivity index is 1.70. The molecule has 0 bridgehead atoms. The van der Waals surface area contributed by atoms with E-state index in [9.17, 15) is 18.0 Å². The smallest absolute Gasteiger partial charge is 0.264 e. The summed E-state index contributed by atoms with van der Waals surface area (Å²) < 4.78 is 29.5. The highest BCUT2D eigenvalue weighted by molar-refractivity contribution is 9.10. The van der Waals surface area contributed by atoms with Crippen LogP contribution in [0.1, 0.15) is 38.2 Å². The van der Waals surface area contributed by atoms with E-state index in [0.717, 1.165) is 40.0 Å². The van der Waals surface area contributed by atoms with Gasteiger partial charge in [-0.1, -0.05) is 82.3 Å². The molecule has 1 aliphatic rings. The Labute approximate surface area is 253 Å². The van der Waals surface area contributed by atoms with Crippen LogP contribution in [0.15, 0.2) is 82.2 Å². The van der Waals surface area contributed by atoms with E-state index in [0.29, 0.717) is 0 Å². The van der Waals surface area contributed by atoms with E-state index in [4.69, 9.17) is 23.2 Å². The highest BCUT2D eigenvalue weighted by Gasteiger charge is 2.33. The summed E-state index contributed by atoms with van der Waals surface area (Å²) in [6, 6.07) is 18.8. The lowest BCUT2D eigenvalue weighted by Gasteiger charge is -2.32. The molecule has 7 nitrogen and oxygen atoms in total. The average molecular weight is 667 g/mol. The maximum atomic E-state index is 14.0. The third-order valence-electron chi connectivity index (χ3n) is 6.86. The number of benzene rings is 3. The lowest BCUT2D eigenvalue weighted by molar-refractivity contribution is -0.139. The molecule has 0 radical (unpaired) electrons. The number of rotatable bonds is 10. The molecule has 1 saturated carbocycles. The molecule has 0 aromatic heterocycles. The monoisotopic (exact) mass is 665 g/mol. The second-order valence-electron chi connectivity index (χ2n) is 9.77. The first-order valence-corrected chi connectivity index (χ1v) is 15.9. The fraction of sp³-hybridized carbons (Fsp3) is 0.310. The predicted molar refractivity (Wildman–Crippen MR) is 162 cm³/mol. The third kappa shape index (κ3) is 7.57. The minimum Gasteiger partial charge on any atom is -0.352 e. The van der Waals surface area contributed by atoms with Crippen molar-refractivity contribution >= 4 is 66.7 Å². The van der Waals surface area contributed by atoms with Gasteiger partial charge in [-0.2, -0.15) is 0 Å². The van der Waals surface area contributed by atoms with Gasteiger partial charge in [-0.05, 0) is 67.8 Å². The summed E-state index contributed by atoms with van der Waals surface area (Å²) >= 11 is 15.9. The van der Waals surface area contributed by atoms with Gasteiger partial charge in [0.05, 0.1) is 10.6 Å². The van der Waals surface area contributed by atoms with Gasteiger partial charge < -0.3 is 10.2 Å². The number of hydrogen-bond donors (Lipinski definition) is 1. The van der Waals surface area contributed by atoms with Crippen molar-refractivity contribution in [1.82, 2.24) is 10.2 Å². The second-order valence-corrected chi connectivity index (χ2v) is 13.4. The van der Waals surface area contributed by atoms with Crippen LogP contribution in [0.3, 0.4) is 0 Å². The fourth-order valence-electron chi connectivity index (χ4n) is 4.74. The van der Waals surface area contributed by atoms with Crippen molar-refractivity contribution in [2.75, 3.05) is 10.8 Å². The van der Waals surface area contributed by atoms with Crippen molar-refractivity contribution in [3.05, 3.63) is 92.9 Å². The SMILES string of the molecule is C[C@@H](C(=O)NC1CCCC1)N(Cc1cccc(Br)c1)C(=O)CN(c1cc(Cl)cc(Cl)c1)S(=O)(=O)c1ccccc1. The Hall–Kier alpha value is -2.59. The normalized spacial score (nSPS) is 14.5. The second kappa shape index (κ2) is 13.4. The van der Waals surface area contributed by atoms with Gasteiger partial charge in [0.2, 0.25) is 11.8 Å². The molecule has 3 aromatic carbocycles. The Morgan fingerprint density at radius 2 is 1.62 bits per heavy atom. The molecule has 1 aliphatic carbocycles.